The summed E-state index contributed by atoms with van der Waals surface area (Å²) in [6.07, 6.45) is 0.0499. The Morgan fingerprint density at radius 2 is 1.96 bits per heavy atom. The van der Waals surface area contributed by atoms with E-state index in [1.807, 2.05) is 25.1 Å². The molecule has 0 amide bonds. The van der Waals surface area contributed by atoms with Gasteiger partial charge in [0.1, 0.15) is 16.5 Å². The Hall–Kier alpha value is -2.47. The highest BCUT2D eigenvalue weighted by molar-refractivity contribution is 7.19. The molecule has 0 aliphatic heterocycles. The molecule has 0 aliphatic rings. The number of benzene rings is 1. The Morgan fingerprint density at radius 1 is 1.22 bits per heavy atom. The third-order valence-electron chi connectivity index (χ3n) is 3.53. The number of fused-ring (bicyclic) bond motifs is 1. The second kappa shape index (κ2) is 6.34. The molecule has 0 radical (unpaired) electrons. The first-order valence-electron chi connectivity index (χ1n) is 7.35. The van der Waals surface area contributed by atoms with Crippen LogP contribution in [0.15, 0.2) is 30.3 Å². The van der Waals surface area contributed by atoms with E-state index in [-0.39, 0.29) is 6.42 Å². The molecule has 0 fully saturated rings. The Morgan fingerprint density at radius 3 is 2.65 bits per heavy atom. The van der Waals surface area contributed by atoms with Crippen molar-refractivity contribution in [2.24, 2.45) is 0 Å². The van der Waals surface area contributed by atoms with Crippen LogP contribution in [0.4, 0.5) is 5.82 Å². The summed E-state index contributed by atoms with van der Waals surface area (Å²) >= 11 is 1.63. The van der Waals surface area contributed by atoms with Gasteiger partial charge in [-0.2, -0.15) is 0 Å². The fourth-order valence-corrected chi connectivity index (χ4v) is 3.68. The number of anilines is 1. The first-order chi connectivity index (χ1) is 11.1. The summed E-state index contributed by atoms with van der Waals surface area (Å²) in [6, 6.07) is 10.1. The summed E-state index contributed by atoms with van der Waals surface area (Å²) < 4.78 is 0. The molecule has 118 valence electrons. The third kappa shape index (κ3) is 3.17. The number of carbonyl (C=O) groups is 1. The number of aliphatic carboxylic acids is 1. The zero-order chi connectivity index (χ0) is 16.4. The van der Waals surface area contributed by atoms with Crippen LogP contribution in [0.3, 0.4) is 0 Å². The smallest absolute Gasteiger partial charge is 0.305 e. The van der Waals surface area contributed by atoms with Gasteiger partial charge in [0.2, 0.25) is 0 Å². The van der Waals surface area contributed by atoms with Crippen LogP contribution in [0, 0.1) is 13.8 Å². The van der Waals surface area contributed by atoms with E-state index in [2.05, 4.69) is 34.3 Å². The maximum atomic E-state index is 10.7. The van der Waals surface area contributed by atoms with Gasteiger partial charge in [0.05, 0.1) is 11.8 Å². The maximum absolute atomic E-state index is 10.7. The number of aryl methyl sites for hydroxylation is 2. The minimum atomic E-state index is -0.829. The molecule has 2 N–H and O–H groups in total. The van der Waals surface area contributed by atoms with Crippen LogP contribution >= 0.6 is 11.3 Å². The molecule has 0 saturated heterocycles. The van der Waals surface area contributed by atoms with Crippen molar-refractivity contribution in [2.75, 3.05) is 11.9 Å². The van der Waals surface area contributed by atoms with Crippen molar-refractivity contribution < 1.29 is 9.90 Å². The van der Waals surface area contributed by atoms with Crippen LogP contribution in [-0.4, -0.2) is 27.6 Å². The maximum Gasteiger partial charge on any atom is 0.305 e. The lowest BCUT2D eigenvalue weighted by Gasteiger charge is -2.09. The number of rotatable bonds is 5. The molecule has 3 rings (SSSR count). The van der Waals surface area contributed by atoms with Gasteiger partial charge in [-0.15, -0.1) is 11.3 Å². The molecule has 0 unspecified atom stereocenters. The Bertz CT molecular complexity index is 859. The zero-order valence-electron chi connectivity index (χ0n) is 13.0. The number of aromatic nitrogens is 2. The van der Waals surface area contributed by atoms with Gasteiger partial charge in [-0.25, -0.2) is 9.97 Å². The summed E-state index contributed by atoms with van der Waals surface area (Å²) in [7, 11) is 0. The predicted octanol–water partition coefficient (Wildman–Crippen LogP) is 3.86. The van der Waals surface area contributed by atoms with Gasteiger partial charge in [0.25, 0.3) is 0 Å². The lowest BCUT2D eigenvalue weighted by molar-refractivity contribution is -0.136. The van der Waals surface area contributed by atoms with E-state index in [1.165, 1.54) is 4.88 Å². The van der Waals surface area contributed by atoms with E-state index < -0.39 is 5.97 Å². The first-order valence-corrected chi connectivity index (χ1v) is 8.16. The van der Waals surface area contributed by atoms with Crippen LogP contribution in [-0.2, 0) is 4.79 Å². The fourth-order valence-electron chi connectivity index (χ4n) is 2.59. The molecule has 6 heteroatoms. The Balaban J connectivity index is 2.13. The fraction of sp³-hybridized carbons (Fsp3) is 0.235. The minimum Gasteiger partial charge on any atom is -0.481 e. The van der Waals surface area contributed by atoms with Crippen LogP contribution in [0.2, 0.25) is 0 Å². The molecule has 1 aromatic carbocycles. The Labute approximate surface area is 138 Å². The van der Waals surface area contributed by atoms with Crippen molar-refractivity contribution in [2.45, 2.75) is 20.3 Å². The molecular formula is C17H17N3O2S. The number of nitrogens with one attached hydrogen (secondary N) is 1. The number of nitrogens with zero attached hydrogens (tertiary/aromatic N) is 2. The summed E-state index contributed by atoms with van der Waals surface area (Å²) in [4.78, 5) is 21.9. The van der Waals surface area contributed by atoms with Gasteiger partial charge in [-0.3, -0.25) is 4.79 Å². The van der Waals surface area contributed by atoms with Crippen molar-refractivity contribution in [3.05, 3.63) is 41.0 Å². The SMILES string of the molecule is Cc1nc(NCCC(=O)O)c2c(-c3ccccc3)c(C)sc2n1. The lowest BCUT2D eigenvalue weighted by atomic mass is 10.0. The van der Waals surface area contributed by atoms with Crippen molar-refractivity contribution in [1.82, 2.24) is 9.97 Å². The summed E-state index contributed by atoms with van der Waals surface area (Å²) in [5, 5.41) is 13.0. The zero-order valence-corrected chi connectivity index (χ0v) is 13.8. The molecule has 3 aromatic rings. The average Bonchev–Trinajstić information content (AvgIpc) is 2.83. The number of carboxylic acid groups (broad SMARTS) is 1. The molecule has 5 nitrogen and oxygen atoms in total. The summed E-state index contributed by atoms with van der Waals surface area (Å²) in [6.45, 7) is 4.26. The monoisotopic (exact) mass is 327 g/mol. The highest BCUT2D eigenvalue weighted by Crippen LogP contribution is 2.40. The van der Waals surface area contributed by atoms with Crippen molar-refractivity contribution >= 4 is 33.3 Å². The van der Waals surface area contributed by atoms with Gasteiger partial charge in [-0.05, 0) is 19.4 Å². The molecule has 0 spiro atoms. The van der Waals surface area contributed by atoms with Gasteiger partial charge >= 0.3 is 5.97 Å². The molecule has 0 aliphatic carbocycles. The third-order valence-corrected chi connectivity index (χ3v) is 4.53. The molecule has 2 aromatic heterocycles. The van der Waals surface area contributed by atoms with Crippen LogP contribution < -0.4 is 5.32 Å². The Kier molecular flexibility index (Phi) is 4.25. The van der Waals surface area contributed by atoms with Gasteiger partial charge in [0, 0.05) is 17.0 Å². The van der Waals surface area contributed by atoms with Crippen molar-refractivity contribution in [3.8, 4) is 11.1 Å². The van der Waals surface area contributed by atoms with E-state index in [1.54, 1.807) is 11.3 Å². The standard InChI is InChI=1S/C17H17N3O2S/c1-10-14(12-6-4-3-5-7-12)15-16(18-9-8-13(21)22)19-11(2)20-17(15)23-10/h3-7H,8-9H2,1-2H3,(H,21,22)(H,18,19,20). The predicted molar refractivity (Wildman–Crippen MR) is 93.1 cm³/mol. The van der Waals surface area contributed by atoms with Crippen LogP contribution in [0.1, 0.15) is 17.1 Å². The van der Waals surface area contributed by atoms with E-state index in [4.69, 9.17) is 5.11 Å². The van der Waals surface area contributed by atoms with E-state index in [0.29, 0.717) is 18.2 Å². The van der Waals surface area contributed by atoms with Crippen LogP contribution in [0.25, 0.3) is 21.3 Å². The normalized spacial score (nSPS) is 10.9. The van der Waals surface area contributed by atoms with Crippen molar-refractivity contribution in [1.29, 1.82) is 0 Å². The topological polar surface area (TPSA) is 75.1 Å². The lowest BCUT2D eigenvalue weighted by Crippen LogP contribution is -2.09. The highest BCUT2D eigenvalue weighted by atomic mass is 32.1. The number of hydrogen-bond donors (Lipinski definition) is 2. The van der Waals surface area contributed by atoms with E-state index in [9.17, 15) is 4.79 Å². The first kappa shape index (κ1) is 15.4. The molecule has 23 heavy (non-hydrogen) atoms. The number of carboxylic acids is 1. The van der Waals surface area contributed by atoms with Gasteiger partial charge in [-0.1, -0.05) is 30.3 Å². The molecular weight excluding hydrogens is 310 g/mol. The largest absolute Gasteiger partial charge is 0.481 e. The molecule has 0 bridgehead atoms. The minimum absolute atomic E-state index is 0.0499. The van der Waals surface area contributed by atoms with Crippen molar-refractivity contribution in [3.63, 3.8) is 0 Å². The number of thiophene rings is 1. The highest BCUT2D eigenvalue weighted by Gasteiger charge is 2.17. The van der Waals surface area contributed by atoms with Gasteiger partial charge in [0.15, 0.2) is 0 Å². The molecule has 0 atom stereocenters. The second-order valence-corrected chi connectivity index (χ2v) is 6.47. The number of hydrogen-bond acceptors (Lipinski definition) is 5. The van der Waals surface area contributed by atoms with E-state index in [0.717, 1.165) is 21.3 Å². The average molecular weight is 327 g/mol. The summed E-state index contributed by atoms with van der Waals surface area (Å²) in [5.41, 5.74) is 2.23. The second-order valence-electron chi connectivity index (χ2n) is 5.27. The van der Waals surface area contributed by atoms with Gasteiger partial charge < -0.3 is 10.4 Å². The quantitative estimate of drug-likeness (QED) is 0.744. The van der Waals surface area contributed by atoms with Crippen LogP contribution in [0.5, 0.6) is 0 Å². The molecule has 0 saturated carbocycles. The molecule has 2 heterocycles. The summed E-state index contributed by atoms with van der Waals surface area (Å²) in [5.74, 6) is 0.553. The van der Waals surface area contributed by atoms with E-state index >= 15 is 0 Å².